The minimum Gasteiger partial charge on any atom is -0.359 e. The van der Waals surface area contributed by atoms with Gasteiger partial charge in [0.25, 0.3) is 0 Å². The molecule has 0 radical (unpaired) electrons. The minimum atomic E-state index is -0.401. The Morgan fingerprint density at radius 1 is 1.41 bits per heavy atom. The van der Waals surface area contributed by atoms with Crippen LogP contribution in [0.4, 0.5) is 11.5 Å². The lowest BCUT2D eigenvalue weighted by atomic mass is 10.3. The van der Waals surface area contributed by atoms with Crippen molar-refractivity contribution in [2.45, 2.75) is 45.2 Å². The Morgan fingerprint density at radius 2 is 2.14 bits per heavy atom. The maximum atomic E-state index is 11.1. The van der Waals surface area contributed by atoms with Crippen molar-refractivity contribution in [2.24, 2.45) is 7.05 Å². The Balaban J connectivity index is 1.71. The predicted molar refractivity (Wildman–Crippen MR) is 81.7 cm³/mol. The van der Waals surface area contributed by atoms with Crippen LogP contribution in [0.1, 0.15) is 43.1 Å². The molecule has 8 heteroatoms. The highest BCUT2D eigenvalue weighted by Crippen LogP contribution is 2.29. The van der Waals surface area contributed by atoms with Gasteiger partial charge in [0, 0.05) is 13.2 Å². The average Bonchev–Trinajstić information content (AvgIpc) is 3.15. The van der Waals surface area contributed by atoms with Gasteiger partial charge in [0.1, 0.15) is 5.69 Å². The van der Waals surface area contributed by atoms with Gasteiger partial charge in [0.15, 0.2) is 0 Å². The van der Waals surface area contributed by atoms with Crippen LogP contribution in [0.3, 0.4) is 0 Å². The van der Waals surface area contributed by atoms with Crippen molar-refractivity contribution in [2.75, 3.05) is 5.32 Å². The summed E-state index contributed by atoms with van der Waals surface area (Å²) in [6.45, 7) is 2.08. The van der Waals surface area contributed by atoms with Gasteiger partial charge in [-0.2, -0.15) is 10.2 Å². The highest BCUT2D eigenvalue weighted by Gasteiger charge is 2.24. The molecule has 0 amide bonds. The fraction of sp³-hybridized carbons (Fsp3) is 0.571. The first-order valence-electron chi connectivity index (χ1n) is 7.52. The van der Waals surface area contributed by atoms with Gasteiger partial charge in [-0.05, 0) is 25.8 Å². The summed E-state index contributed by atoms with van der Waals surface area (Å²) in [5, 5.41) is 22.9. The molecule has 1 fully saturated rings. The molecule has 0 bridgehead atoms. The van der Waals surface area contributed by atoms with Crippen molar-refractivity contribution >= 4 is 11.5 Å². The number of rotatable bonds is 5. The summed E-state index contributed by atoms with van der Waals surface area (Å²) >= 11 is 0. The number of nitrogens with zero attached hydrogens (tertiary/aromatic N) is 5. The third-order valence-electron chi connectivity index (χ3n) is 4.17. The van der Waals surface area contributed by atoms with Crippen LogP contribution in [-0.4, -0.2) is 24.5 Å². The molecule has 1 aliphatic rings. The maximum absolute atomic E-state index is 11.1. The van der Waals surface area contributed by atoms with Gasteiger partial charge in [0.2, 0.25) is 5.82 Å². The first-order valence-corrected chi connectivity index (χ1v) is 7.52. The molecule has 22 heavy (non-hydrogen) atoms. The topological polar surface area (TPSA) is 90.8 Å². The Hall–Kier alpha value is -2.38. The molecular weight excluding hydrogens is 284 g/mol. The summed E-state index contributed by atoms with van der Waals surface area (Å²) < 4.78 is 3.52. The van der Waals surface area contributed by atoms with E-state index in [9.17, 15) is 10.1 Å². The summed E-state index contributed by atoms with van der Waals surface area (Å²) in [7, 11) is 1.69. The van der Waals surface area contributed by atoms with Crippen LogP contribution in [-0.2, 0) is 13.6 Å². The SMILES string of the molecule is Cc1nn(C)c(NCc2ccn(C3CCCC3)n2)c1[N+](=O)[O-]. The second-order valence-electron chi connectivity index (χ2n) is 5.74. The third kappa shape index (κ3) is 2.68. The molecule has 1 saturated carbocycles. The summed E-state index contributed by atoms with van der Waals surface area (Å²) in [6, 6.07) is 2.46. The van der Waals surface area contributed by atoms with Gasteiger partial charge < -0.3 is 5.32 Å². The molecule has 1 N–H and O–H groups in total. The lowest BCUT2D eigenvalue weighted by Crippen LogP contribution is -2.09. The van der Waals surface area contributed by atoms with Gasteiger partial charge in [-0.3, -0.25) is 14.8 Å². The van der Waals surface area contributed by atoms with Gasteiger partial charge in [-0.1, -0.05) is 12.8 Å². The standard InChI is InChI=1S/C14H20N6O2/c1-10-13(20(21)22)14(18(2)16-10)15-9-11-7-8-19(17-11)12-5-3-4-6-12/h7-8,12,15H,3-6,9H2,1-2H3. The predicted octanol–water partition coefficient (Wildman–Crippen LogP) is 2.56. The fourth-order valence-electron chi connectivity index (χ4n) is 3.08. The lowest BCUT2D eigenvalue weighted by molar-refractivity contribution is -0.384. The van der Waals surface area contributed by atoms with E-state index < -0.39 is 4.92 Å². The summed E-state index contributed by atoms with van der Waals surface area (Å²) in [4.78, 5) is 10.7. The van der Waals surface area contributed by atoms with E-state index in [0.717, 1.165) is 5.69 Å². The molecule has 118 valence electrons. The number of aromatic nitrogens is 4. The highest BCUT2D eigenvalue weighted by molar-refractivity contribution is 5.59. The van der Waals surface area contributed by atoms with Gasteiger partial charge >= 0.3 is 5.69 Å². The molecule has 0 unspecified atom stereocenters. The zero-order valence-electron chi connectivity index (χ0n) is 12.8. The van der Waals surface area contributed by atoms with Crippen molar-refractivity contribution in [1.29, 1.82) is 0 Å². The number of anilines is 1. The Labute approximate surface area is 128 Å². The second-order valence-corrected chi connectivity index (χ2v) is 5.74. The van der Waals surface area contributed by atoms with Gasteiger partial charge in [-0.25, -0.2) is 4.68 Å². The van der Waals surface area contributed by atoms with Crippen molar-refractivity contribution in [3.8, 4) is 0 Å². The van der Waals surface area contributed by atoms with Crippen molar-refractivity contribution in [1.82, 2.24) is 19.6 Å². The number of nitrogens with one attached hydrogen (secondary N) is 1. The zero-order chi connectivity index (χ0) is 15.7. The van der Waals surface area contributed by atoms with Gasteiger partial charge in [0.05, 0.1) is 23.2 Å². The normalized spacial score (nSPS) is 15.4. The number of nitro groups is 1. The monoisotopic (exact) mass is 304 g/mol. The van der Waals surface area contributed by atoms with Gasteiger partial charge in [-0.15, -0.1) is 0 Å². The number of hydrogen-bond donors (Lipinski definition) is 1. The quantitative estimate of drug-likeness (QED) is 0.677. The largest absolute Gasteiger partial charge is 0.359 e. The molecule has 0 atom stereocenters. The van der Waals surface area contributed by atoms with Crippen molar-refractivity contribution in [3.63, 3.8) is 0 Å². The fourth-order valence-corrected chi connectivity index (χ4v) is 3.08. The van der Waals surface area contributed by atoms with Crippen molar-refractivity contribution in [3.05, 3.63) is 33.8 Å². The average molecular weight is 304 g/mol. The molecule has 3 rings (SSSR count). The molecule has 2 aromatic rings. The smallest absolute Gasteiger partial charge is 0.333 e. The molecule has 0 spiro atoms. The second kappa shape index (κ2) is 5.78. The minimum absolute atomic E-state index is 0.0257. The van der Waals surface area contributed by atoms with Crippen molar-refractivity contribution < 1.29 is 4.92 Å². The lowest BCUT2D eigenvalue weighted by Gasteiger charge is -2.09. The van der Waals surface area contributed by atoms with E-state index in [1.807, 2.05) is 16.9 Å². The molecule has 0 aromatic carbocycles. The maximum Gasteiger partial charge on any atom is 0.333 e. The highest BCUT2D eigenvalue weighted by atomic mass is 16.6. The van der Waals surface area contributed by atoms with Crippen LogP contribution >= 0.6 is 0 Å². The van der Waals surface area contributed by atoms with E-state index in [2.05, 4.69) is 15.5 Å². The van der Waals surface area contributed by atoms with Crippen LogP contribution in [0.25, 0.3) is 0 Å². The van der Waals surface area contributed by atoms with E-state index in [1.54, 1.807) is 14.0 Å². The molecule has 8 nitrogen and oxygen atoms in total. The summed E-state index contributed by atoms with van der Waals surface area (Å²) in [5.74, 6) is 0.415. The zero-order valence-corrected chi connectivity index (χ0v) is 12.8. The molecule has 0 aliphatic heterocycles. The van der Waals surface area contributed by atoms with Crippen LogP contribution in [0.2, 0.25) is 0 Å². The molecule has 2 aromatic heterocycles. The molecule has 1 aliphatic carbocycles. The molecule has 0 saturated heterocycles. The van der Waals surface area contributed by atoms with E-state index in [0.29, 0.717) is 24.1 Å². The van der Waals surface area contributed by atoms with Crippen LogP contribution in [0.15, 0.2) is 12.3 Å². The first-order chi connectivity index (χ1) is 10.6. The molecule has 2 heterocycles. The Bertz CT molecular complexity index is 684. The van der Waals surface area contributed by atoms with E-state index >= 15 is 0 Å². The number of hydrogen-bond acceptors (Lipinski definition) is 5. The third-order valence-corrected chi connectivity index (χ3v) is 4.17. The van der Waals surface area contributed by atoms with E-state index in [4.69, 9.17) is 0 Å². The van der Waals surface area contributed by atoms with Crippen LogP contribution < -0.4 is 5.32 Å². The van der Waals surface area contributed by atoms with Crippen LogP contribution in [0, 0.1) is 17.0 Å². The van der Waals surface area contributed by atoms with E-state index in [-0.39, 0.29) is 5.69 Å². The number of aryl methyl sites for hydroxylation is 2. The van der Waals surface area contributed by atoms with E-state index in [1.165, 1.54) is 30.4 Å². The summed E-state index contributed by atoms with van der Waals surface area (Å²) in [5.41, 5.74) is 1.31. The van der Waals surface area contributed by atoms with Crippen LogP contribution in [0.5, 0.6) is 0 Å². The Kier molecular flexibility index (Phi) is 3.82. The molecular formula is C14H20N6O2. The summed E-state index contributed by atoms with van der Waals surface area (Å²) in [6.07, 6.45) is 6.88. The Morgan fingerprint density at radius 3 is 2.82 bits per heavy atom. The first kappa shape index (κ1) is 14.6.